The molecule has 160 valence electrons. The normalized spacial score (nSPS) is 16.1. The first-order valence-electron chi connectivity index (χ1n) is 9.32. The summed E-state index contributed by atoms with van der Waals surface area (Å²) in [5.74, 6) is -0.548. The second kappa shape index (κ2) is 7.90. The van der Waals surface area contributed by atoms with Gasteiger partial charge in [-0.3, -0.25) is 0 Å². The van der Waals surface area contributed by atoms with Crippen LogP contribution in [0.1, 0.15) is 12.8 Å². The van der Waals surface area contributed by atoms with Crippen molar-refractivity contribution in [2.24, 2.45) is 0 Å². The maximum absolute atomic E-state index is 13.0. The molecule has 2 heterocycles. The molecule has 1 saturated heterocycles. The average molecular weight is 443 g/mol. The summed E-state index contributed by atoms with van der Waals surface area (Å²) < 4.78 is 67.6. The van der Waals surface area contributed by atoms with Crippen LogP contribution in [0.4, 0.5) is 32.8 Å². The summed E-state index contributed by atoms with van der Waals surface area (Å²) in [6.45, 7) is 1.63. The topological polar surface area (TPSA) is 37.4 Å². The van der Waals surface area contributed by atoms with Gasteiger partial charge in [-0.2, -0.15) is 22.0 Å². The molecule has 10 heteroatoms. The number of ether oxygens (including phenoxy) is 1. The average Bonchev–Trinajstić information content (AvgIpc) is 3.13. The van der Waals surface area contributed by atoms with Crippen LogP contribution in [0.5, 0.6) is 5.75 Å². The first kappa shape index (κ1) is 20.6. The Morgan fingerprint density at radius 2 is 1.63 bits per heavy atom. The van der Waals surface area contributed by atoms with Crippen LogP contribution in [-0.2, 0) is 0 Å². The molecule has 2 aromatic carbocycles. The summed E-state index contributed by atoms with van der Waals surface area (Å²) in [6, 6.07) is 13.2. The van der Waals surface area contributed by atoms with Crippen LogP contribution in [0.3, 0.4) is 0 Å². The zero-order valence-corrected chi connectivity index (χ0v) is 16.4. The Morgan fingerprint density at radius 3 is 2.27 bits per heavy atom. The molecule has 1 aliphatic heterocycles. The summed E-state index contributed by atoms with van der Waals surface area (Å²) in [5, 5.41) is 4.28. The van der Waals surface area contributed by atoms with Crippen molar-refractivity contribution in [3.8, 4) is 5.75 Å². The highest BCUT2D eigenvalue weighted by Gasteiger charge is 2.61. The minimum absolute atomic E-state index is 0.166. The second-order valence-corrected chi connectivity index (χ2v) is 8.02. The van der Waals surface area contributed by atoms with E-state index in [1.54, 1.807) is 11.3 Å². The third-order valence-electron chi connectivity index (χ3n) is 4.85. The lowest BCUT2D eigenvalue weighted by molar-refractivity contribution is -0.360. The number of para-hydroxylation sites is 1. The van der Waals surface area contributed by atoms with Crippen LogP contribution in [0, 0.1) is 0 Å². The number of anilines is 2. The molecular formula is C20H18F5N3OS. The van der Waals surface area contributed by atoms with E-state index in [-0.39, 0.29) is 6.04 Å². The summed E-state index contributed by atoms with van der Waals surface area (Å²) in [5.41, 5.74) is 1.62. The molecule has 30 heavy (non-hydrogen) atoms. The van der Waals surface area contributed by atoms with Crippen molar-refractivity contribution >= 4 is 32.4 Å². The molecule has 0 spiro atoms. The number of rotatable bonds is 5. The van der Waals surface area contributed by atoms with Crippen LogP contribution in [0.2, 0.25) is 0 Å². The first-order chi connectivity index (χ1) is 14.2. The summed E-state index contributed by atoms with van der Waals surface area (Å²) in [7, 11) is 0. The van der Waals surface area contributed by atoms with E-state index >= 15 is 0 Å². The van der Waals surface area contributed by atoms with E-state index in [9.17, 15) is 22.0 Å². The number of alkyl halides is 5. The number of thiazole rings is 1. The third-order valence-corrected chi connectivity index (χ3v) is 5.95. The van der Waals surface area contributed by atoms with Crippen molar-refractivity contribution in [1.82, 2.24) is 4.98 Å². The smallest absolute Gasteiger partial charge is 0.426 e. The Morgan fingerprint density at radius 1 is 0.967 bits per heavy atom. The highest BCUT2D eigenvalue weighted by atomic mass is 32.1. The van der Waals surface area contributed by atoms with E-state index in [4.69, 9.17) is 0 Å². The highest BCUT2D eigenvalue weighted by Crippen LogP contribution is 2.37. The SMILES string of the molecule is FC(F)(F)C(F)(F)Oc1ccc(NC2CCN(c3nc4ccccc4s3)CC2)cc1. The lowest BCUT2D eigenvalue weighted by Gasteiger charge is -2.32. The molecule has 0 bridgehead atoms. The van der Waals surface area contributed by atoms with Crippen molar-refractivity contribution in [3.63, 3.8) is 0 Å². The number of nitrogens with zero attached hydrogens (tertiary/aromatic N) is 2. The Hall–Kier alpha value is -2.62. The quantitative estimate of drug-likeness (QED) is 0.498. The van der Waals surface area contributed by atoms with Crippen molar-refractivity contribution in [1.29, 1.82) is 0 Å². The fourth-order valence-corrected chi connectivity index (χ4v) is 4.29. The number of halogens is 5. The Bertz CT molecular complexity index is 965. The Balaban J connectivity index is 1.32. The number of hydrogen-bond donors (Lipinski definition) is 1. The lowest BCUT2D eigenvalue weighted by atomic mass is 10.1. The van der Waals surface area contributed by atoms with Gasteiger partial charge in [0.1, 0.15) is 5.75 Å². The molecule has 0 saturated carbocycles. The first-order valence-corrected chi connectivity index (χ1v) is 10.1. The molecule has 1 N–H and O–H groups in total. The molecule has 0 aliphatic carbocycles. The van der Waals surface area contributed by atoms with Gasteiger partial charge in [-0.05, 0) is 49.2 Å². The molecular weight excluding hydrogens is 425 g/mol. The predicted octanol–water partition coefficient (Wildman–Crippen LogP) is 5.91. The predicted molar refractivity (Wildman–Crippen MR) is 107 cm³/mol. The lowest BCUT2D eigenvalue weighted by Crippen LogP contribution is -2.41. The second-order valence-electron chi connectivity index (χ2n) is 7.01. The molecule has 0 amide bonds. The number of benzene rings is 2. The fraction of sp³-hybridized carbons (Fsp3) is 0.350. The van der Waals surface area contributed by atoms with Gasteiger partial charge in [-0.25, -0.2) is 4.98 Å². The molecule has 4 nitrogen and oxygen atoms in total. The van der Waals surface area contributed by atoms with Crippen LogP contribution in [0.25, 0.3) is 10.2 Å². The Labute approximate surface area is 173 Å². The van der Waals surface area contributed by atoms with E-state index in [1.807, 2.05) is 24.3 Å². The third kappa shape index (κ3) is 4.43. The molecule has 3 aromatic rings. The van der Waals surface area contributed by atoms with E-state index in [2.05, 4.69) is 19.9 Å². The van der Waals surface area contributed by atoms with Gasteiger partial charge in [0.2, 0.25) is 0 Å². The number of aromatic nitrogens is 1. The van der Waals surface area contributed by atoms with E-state index in [0.29, 0.717) is 5.69 Å². The Kier molecular flexibility index (Phi) is 5.44. The number of piperidine rings is 1. The highest BCUT2D eigenvalue weighted by molar-refractivity contribution is 7.22. The van der Waals surface area contributed by atoms with Crippen LogP contribution in [-0.4, -0.2) is 36.4 Å². The van der Waals surface area contributed by atoms with E-state index < -0.39 is 18.0 Å². The monoisotopic (exact) mass is 443 g/mol. The molecule has 0 radical (unpaired) electrons. The van der Waals surface area contributed by atoms with Gasteiger partial charge in [0.25, 0.3) is 0 Å². The zero-order chi connectivity index (χ0) is 21.4. The van der Waals surface area contributed by atoms with Crippen LogP contribution in [0.15, 0.2) is 48.5 Å². The maximum Gasteiger partial charge on any atom is 0.499 e. The van der Waals surface area contributed by atoms with Gasteiger partial charge in [-0.15, -0.1) is 0 Å². The summed E-state index contributed by atoms with van der Waals surface area (Å²) >= 11 is 1.66. The standard InChI is InChI=1S/C20H18F5N3OS/c21-19(22,23)20(24,25)29-15-7-5-13(6-8-15)26-14-9-11-28(12-10-14)18-27-16-3-1-2-4-17(16)30-18/h1-8,14,26H,9-12H2. The largest absolute Gasteiger partial charge is 0.499 e. The molecule has 0 atom stereocenters. The zero-order valence-electron chi connectivity index (χ0n) is 15.6. The minimum atomic E-state index is -5.76. The van der Waals surface area contributed by atoms with E-state index in [1.165, 1.54) is 12.1 Å². The summed E-state index contributed by atoms with van der Waals surface area (Å²) in [4.78, 5) is 6.91. The van der Waals surface area contributed by atoms with Crippen molar-refractivity contribution in [2.75, 3.05) is 23.3 Å². The molecule has 4 rings (SSSR count). The molecule has 0 unspecified atom stereocenters. The van der Waals surface area contributed by atoms with Gasteiger partial charge in [-0.1, -0.05) is 23.5 Å². The molecule has 1 fully saturated rings. The fourth-order valence-electron chi connectivity index (χ4n) is 3.27. The number of fused-ring (bicyclic) bond motifs is 1. The maximum atomic E-state index is 13.0. The molecule has 1 aliphatic rings. The number of hydrogen-bond acceptors (Lipinski definition) is 5. The van der Waals surface area contributed by atoms with Crippen LogP contribution < -0.4 is 15.0 Å². The van der Waals surface area contributed by atoms with Gasteiger partial charge in [0.05, 0.1) is 10.2 Å². The van der Waals surface area contributed by atoms with Crippen molar-refractivity contribution in [3.05, 3.63) is 48.5 Å². The van der Waals surface area contributed by atoms with Crippen molar-refractivity contribution < 1.29 is 26.7 Å². The van der Waals surface area contributed by atoms with Gasteiger partial charge in [0, 0.05) is 24.8 Å². The number of nitrogens with one attached hydrogen (secondary N) is 1. The van der Waals surface area contributed by atoms with Gasteiger partial charge >= 0.3 is 12.3 Å². The van der Waals surface area contributed by atoms with Crippen LogP contribution >= 0.6 is 11.3 Å². The van der Waals surface area contributed by atoms with Gasteiger partial charge in [0.15, 0.2) is 5.13 Å². The van der Waals surface area contributed by atoms with E-state index in [0.717, 1.165) is 53.4 Å². The summed E-state index contributed by atoms with van der Waals surface area (Å²) in [6.07, 6.45) is -9.29. The minimum Gasteiger partial charge on any atom is -0.426 e. The molecule has 1 aromatic heterocycles. The van der Waals surface area contributed by atoms with Crippen molar-refractivity contribution in [2.45, 2.75) is 31.2 Å². The van der Waals surface area contributed by atoms with Gasteiger partial charge < -0.3 is 15.0 Å².